The first kappa shape index (κ1) is 25.6. The third-order valence-corrected chi connectivity index (χ3v) is 8.78. The van der Waals surface area contributed by atoms with Crippen LogP contribution in [0.1, 0.15) is 5.48 Å². The molecule has 0 amide bonds. The molecule has 0 aromatic heterocycles. The lowest BCUT2D eigenvalue weighted by Crippen LogP contribution is -2.09. The molecule has 0 aliphatic carbocycles. The SMILES string of the molecule is [2H]c1c([2H])c(N(c2ccc(-c3ccccc3)cc2)c2ccc(-c3ccccc3)cc2)c([2H])c([2H])c1-c1ccc(-c2ccccc2)c(-c2ccccc2)c1. The molecule has 8 aromatic rings. The second kappa shape index (κ2) is 13.7. The highest BCUT2D eigenvalue weighted by Gasteiger charge is 2.15. The summed E-state index contributed by atoms with van der Waals surface area (Å²) in [6.45, 7) is 0. The van der Waals surface area contributed by atoms with Crippen LogP contribution in [0.25, 0.3) is 55.6 Å². The summed E-state index contributed by atoms with van der Waals surface area (Å²) in [6, 6.07) is 62.0. The Morgan fingerprint density at radius 3 is 1.08 bits per heavy atom. The summed E-state index contributed by atoms with van der Waals surface area (Å²) in [4.78, 5) is 1.84. The molecule has 0 N–H and O–H groups in total. The Hall–Kier alpha value is -6.44. The third kappa shape index (κ3) is 6.43. The molecular weight excluding hydrogens is 591 g/mol. The highest BCUT2D eigenvalue weighted by molar-refractivity contribution is 5.88. The number of hydrogen-bond acceptors (Lipinski definition) is 1. The standard InChI is InChI=1S/C48H35N/c1-5-13-36(14-6-1)38-21-28-44(29-22-38)49(45-30-23-39(24-31-45)37-15-7-2-8-16-37)46-32-25-40(26-33-46)43-27-34-47(41-17-9-3-10-18-41)48(35-43)42-19-11-4-12-20-42/h1-35H/i25D,26D,32D,33D. The normalized spacial score (nSPS) is 12.0. The van der Waals surface area contributed by atoms with Gasteiger partial charge >= 0.3 is 0 Å². The van der Waals surface area contributed by atoms with Crippen LogP contribution < -0.4 is 4.90 Å². The lowest BCUT2D eigenvalue weighted by molar-refractivity contribution is 1.28. The molecule has 0 bridgehead atoms. The predicted molar refractivity (Wildman–Crippen MR) is 208 cm³/mol. The van der Waals surface area contributed by atoms with Gasteiger partial charge in [0.2, 0.25) is 0 Å². The van der Waals surface area contributed by atoms with Crippen molar-refractivity contribution in [3.8, 4) is 55.6 Å². The second-order valence-corrected chi connectivity index (χ2v) is 11.9. The molecule has 1 heteroatoms. The van der Waals surface area contributed by atoms with Gasteiger partial charge in [-0.05, 0) is 98.1 Å². The lowest BCUT2D eigenvalue weighted by atomic mass is 9.91. The molecule has 232 valence electrons. The van der Waals surface area contributed by atoms with Crippen molar-refractivity contribution in [1.29, 1.82) is 0 Å². The first-order valence-electron chi connectivity index (χ1n) is 18.4. The van der Waals surface area contributed by atoms with E-state index in [1.54, 1.807) is 0 Å². The van der Waals surface area contributed by atoms with Crippen molar-refractivity contribution in [2.45, 2.75) is 0 Å². The topological polar surface area (TPSA) is 3.24 Å². The Labute approximate surface area is 294 Å². The smallest absolute Gasteiger partial charge is 0.0645 e. The molecule has 0 aliphatic heterocycles. The van der Waals surface area contributed by atoms with E-state index in [4.69, 9.17) is 0 Å². The van der Waals surface area contributed by atoms with E-state index >= 15 is 0 Å². The lowest BCUT2D eigenvalue weighted by Gasteiger charge is -2.26. The van der Waals surface area contributed by atoms with Crippen LogP contribution >= 0.6 is 0 Å². The summed E-state index contributed by atoms with van der Waals surface area (Å²) in [5, 5.41) is 0. The van der Waals surface area contributed by atoms with Gasteiger partial charge in [-0.15, -0.1) is 0 Å². The quantitative estimate of drug-likeness (QED) is 0.162. The van der Waals surface area contributed by atoms with E-state index in [-0.39, 0.29) is 35.4 Å². The van der Waals surface area contributed by atoms with Crippen LogP contribution in [0.5, 0.6) is 0 Å². The molecular formula is C48H35N. The fraction of sp³-hybridized carbons (Fsp3) is 0. The van der Waals surface area contributed by atoms with Crippen molar-refractivity contribution in [3.63, 3.8) is 0 Å². The Balaban J connectivity index is 1.28. The average molecular weight is 630 g/mol. The highest BCUT2D eigenvalue weighted by atomic mass is 15.1. The van der Waals surface area contributed by atoms with E-state index < -0.39 is 0 Å². The number of benzene rings is 8. The summed E-state index contributed by atoms with van der Waals surface area (Å²) in [7, 11) is 0. The fourth-order valence-corrected chi connectivity index (χ4v) is 6.26. The van der Waals surface area contributed by atoms with Crippen molar-refractivity contribution in [2.75, 3.05) is 4.90 Å². The molecule has 8 aromatic carbocycles. The summed E-state index contributed by atoms with van der Waals surface area (Å²) in [6.07, 6.45) is 0. The van der Waals surface area contributed by atoms with Crippen molar-refractivity contribution >= 4 is 17.1 Å². The molecule has 0 unspecified atom stereocenters. The Morgan fingerprint density at radius 1 is 0.265 bits per heavy atom. The van der Waals surface area contributed by atoms with Crippen LogP contribution in [-0.4, -0.2) is 0 Å². The van der Waals surface area contributed by atoms with Gasteiger partial charge in [0, 0.05) is 17.1 Å². The van der Waals surface area contributed by atoms with Crippen LogP contribution in [0.4, 0.5) is 17.1 Å². The van der Waals surface area contributed by atoms with Crippen molar-refractivity contribution in [2.24, 2.45) is 0 Å². The maximum Gasteiger partial charge on any atom is 0.0645 e. The minimum atomic E-state index is -0.117. The van der Waals surface area contributed by atoms with Crippen molar-refractivity contribution < 1.29 is 5.48 Å². The van der Waals surface area contributed by atoms with E-state index in [1.165, 1.54) is 0 Å². The third-order valence-electron chi connectivity index (χ3n) is 8.78. The van der Waals surface area contributed by atoms with Gasteiger partial charge in [-0.1, -0.05) is 170 Å². The maximum atomic E-state index is 9.47. The van der Waals surface area contributed by atoms with Crippen molar-refractivity contribution in [3.05, 3.63) is 212 Å². The molecule has 0 saturated heterocycles. The minimum absolute atomic E-state index is 0.0979. The Bertz CT molecular complexity index is 2390. The van der Waals surface area contributed by atoms with Gasteiger partial charge in [-0.3, -0.25) is 0 Å². The van der Waals surface area contributed by atoms with E-state index in [9.17, 15) is 5.48 Å². The number of anilines is 3. The summed E-state index contributed by atoms with van der Waals surface area (Å²) >= 11 is 0. The molecule has 0 spiro atoms. The minimum Gasteiger partial charge on any atom is -0.311 e. The zero-order valence-electron chi connectivity index (χ0n) is 30.8. The molecule has 0 fully saturated rings. The zero-order chi connectivity index (χ0) is 36.3. The van der Waals surface area contributed by atoms with Gasteiger partial charge < -0.3 is 4.90 Å². The summed E-state index contributed by atoms with van der Waals surface area (Å²) in [5.41, 5.74) is 10.8. The van der Waals surface area contributed by atoms with Gasteiger partial charge in [0.15, 0.2) is 0 Å². The van der Waals surface area contributed by atoms with Gasteiger partial charge in [-0.2, -0.15) is 0 Å². The number of nitrogens with zero attached hydrogens (tertiary/aromatic N) is 1. The van der Waals surface area contributed by atoms with Gasteiger partial charge in [0.05, 0.1) is 5.48 Å². The van der Waals surface area contributed by atoms with Gasteiger partial charge in [0.25, 0.3) is 0 Å². The average Bonchev–Trinajstić information content (AvgIpc) is 3.23. The Kier molecular flexibility index (Phi) is 7.18. The molecule has 49 heavy (non-hydrogen) atoms. The monoisotopic (exact) mass is 629 g/mol. The van der Waals surface area contributed by atoms with Crippen LogP contribution in [0.15, 0.2) is 212 Å². The van der Waals surface area contributed by atoms with E-state index in [0.29, 0.717) is 5.56 Å². The predicted octanol–water partition coefficient (Wildman–Crippen LogP) is 13.5. The van der Waals surface area contributed by atoms with Crippen LogP contribution in [0, 0.1) is 0 Å². The van der Waals surface area contributed by atoms with Gasteiger partial charge in [0.1, 0.15) is 0 Å². The molecule has 0 radical (unpaired) electrons. The fourth-order valence-electron chi connectivity index (χ4n) is 6.26. The van der Waals surface area contributed by atoms with Crippen molar-refractivity contribution in [1.82, 2.24) is 0 Å². The van der Waals surface area contributed by atoms with E-state index in [1.807, 2.05) is 157 Å². The number of rotatable bonds is 8. The molecule has 0 heterocycles. The van der Waals surface area contributed by atoms with Gasteiger partial charge in [-0.25, -0.2) is 0 Å². The summed E-state index contributed by atoms with van der Waals surface area (Å²) in [5.74, 6) is 0. The molecule has 1 nitrogen and oxygen atoms in total. The summed E-state index contributed by atoms with van der Waals surface area (Å²) < 4.78 is 37.7. The van der Waals surface area contributed by atoms with E-state index in [2.05, 4.69) is 36.4 Å². The molecule has 0 atom stereocenters. The number of hydrogen-bond donors (Lipinski definition) is 0. The first-order valence-corrected chi connectivity index (χ1v) is 16.4. The molecule has 0 aliphatic rings. The van der Waals surface area contributed by atoms with E-state index in [0.717, 1.165) is 55.9 Å². The first-order chi connectivity index (χ1) is 26.0. The largest absolute Gasteiger partial charge is 0.311 e. The maximum absolute atomic E-state index is 9.47. The second-order valence-electron chi connectivity index (χ2n) is 11.9. The Morgan fingerprint density at radius 2 is 0.633 bits per heavy atom. The molecule has 0 saturated carbocycles. The highest BCUT2D eigenvalue weighted by Crippen LogP contribution is 2.39. The molecule has 8 rings (SSSR count). The van der Waals surface area contributed by atoms with Crippen LogP contribution in [0.2, 0.25) is 0 Å². The zero-order valence-corrected chi connectivity index (χ0v) is 26.8. The van der Waals surface area contributed by atoms with Crippen LogP contribution in [-0.2, 0) is 0 Å². The van der Waals surface area contributed by atoms with Crippen LogP contribution in [0.3, 0.4) is 0 Å².